The summed E-state index contributed by atoms with van der Waals surface area (Å²) < 4.78 is 39.4. The van der Waals surface area contributed by atoms with E-state index in [-0.39, 0.29) is 17.6 Å². The third kappa shape index (κ3) is 4.18. The number of aromatic amines is 1. The number of amides is 2. The molecule has 2 heterocycles. The summed E-state index contributed by atoms with van der Waals surface area (Å²) in [5.74, 6) is -0.952. The van der Waals surface area contributed by atoms with Gasteiger partial charge in [-0.15, -0.1) is 0 Å². The third-order valence-corrected chi connectivity index (χ3v) is 4.86. The molecule has 28 heavy (non-hydrogen) atoms. The smallest absolute Gasteiger partial charge is 0.348 e. The Morgan fingerprint density at radius 2 is 1.75 bits per heavy atom. The van der Waals surface area contributed by atoms with Gasteiger partial charge in [0, 0.05) is 30.4 Å². The highest BCUT2D eigenvalue weighted by Crippen LogP contribution is 2.33. The Morgan fingerprint density at radius 3 is 2.32 bits per heavy atom. The first-order chi connectivity index (χ1) is 13.2. The van der Waals surface area contributed by atoms with Crippen LogP contribution in [0, 0.1) is 13.8 Å². The molecule has 2 amide bonds. The number of nitrogens with zero attached hydrogens (tertiary/aromatic N) is 2. The topological polar surface area (TPSA) is 78.1 Å². The molecular formula is C19H21F3N4O2. The lowest BCUT2D eigenvalue weighted by molar-refractivity contribution is -0.138. The minimum atomic E-state index is -4.66. The first-order valence-electron chi connectivity index (χ1n) is 8.96. The maximum absolute atomic E-state index is 13.1. The Bertz CT molecular complexity index is 866. The van der Waals surface area contributed by atoms with Crippen molar-refractivity contribution in [2.24, 2.45) is 0 Å². The van der Waals surface area contributed by atoms with Gasteiger partial charge < -0.3 is 10.2 Å². The maximum atomic E-state index is 13.1. The summed E-state index contributed by atoms with van der Waals surface area (Å²) in [7, 11) is 0. The van der Waals surface area contributed by atoms with Gasteiger partial charge in [-0.1, -0.05) is 17.7 Å². The standard InChI is InChI=1S/C19H21F3N4O2/c1-11-3-5-13(6-4-11)18(28)26-9-7-14(8-10-26)23-17(27)16-15(19(20,21)22)12(2)24-25-16/h3-6,14H,7-10H2,1-2H3,(H,23,27)(H,24,25). The first-order valence-corrected chi connectivity index (χ1v) is 8.96. The highest BCUT2D eigenvalue weighted by molar-refractivity contribution is 5.95. The van der Waals surface area contributed by atoms with E-state index in [4.69, 9.17) is 0 Å². The van der Waals surface area contributed by atoms with E-state index in [2.05, 4.69) is 15.5 Å². The molecule has 0 aliphatic carbocycles. The van der Waals surface area contributed by atoms with Gasteiger partial charge in [0.15, 0.2) is 5.69 Å². The lowest BCUT2D eigenvalue weighted by atomic mass is 10.0. The van der Waals surface area contributed by atoms with Crippen molar-refractivity contribution in [3.63, 3.8) is 0 Å². The minimum Gasteiger partial charge on any atom is -0.348 e. The fourth-order valence-corrected chi connectivity index (χ4v) is 3.30. The van der Waals surface area contributed by atoms with Crippen LogP contribution in [-0.2, 0) is 6.18 Å². The van der Waals surface area contributed by atoms with Crippen LogP contribution in [0.2, 0.25) is 0 Å². The molecule has 2 aromatic rings. The summed E-state index contributed by atoms with van der Waals surface area (Å²) in [5, 5.41) is 8.35. The number of carbonyl (C=O) groups excluding carboxylic acids is 2. The molecule has 1 saturated heterocycles. The molecule has 1 aliphatic rings. The second kappa shape index (κ2) is 7.65. The molecule has 9 heteroatoms. The van der Waals surface area contributed by atoms with Crippen LogP contribution in [0.3, 0.4) is 0 Å². The van der Waals surface area contributed by atoms with Gasteiger partial charge >= 0.3 is 6.18 Å². The molecule has 1 aromatic heterocycles. The number of aryl methyl sites for hydroxylation is 2. The summed E-state index contributed by atoms with van der Waals surface area (Å²) in [4.78, 5) is 26.5. The van der Waals surface area contributed by atoms with Crippen molar-refractivity contribution >= 4 is 11.8 Å². The number of hydrogen-bond donors (Lipinski definition) is 2. The van der Waals surface area contributed by atoms with E-state index in [9.17, 15) is 22.8 Å². The molecule has 0 saturated carbocycles. The van der Waals surface area contributed by atoms with Crippen molar-refractivity contribution in [3.8, 4) is 0 Å². The lowest BCUT2D eigenvalue weighted by Gasteiger charge is -2.32. The van der Waals surface area contributed by atoms with Gasteiger partial charge in [0.2, 0.25) is 0 Å². The van der Waals surface area contributed by atoms with E-state index in [1.54, 1.807) is 17.0 Å². The van der Waals surface area contributed by atoms with Crippen LogP contribution < -0.4 is 5.32 Å². The monoisotopic (exact) mass is 394 g/mol. The molecular weight excluding hydrogens is 373 g/mol. The summed E-state index contributed by atoms with van der Waals surface area (Å²) in [6, 6.07) is 6.95. The van der Waals surface area contributed by atoms with E-state index < -0.39 is 23.3 Å². The number of likely N-dealkylation sites (tertiary alicyclic amines) is 1. The van der Waals surface area contributed by atoms with Crippen molar-refractivity contribution in [2.75, 3.05) is 13.1 Å². The van der Waals surface area contributed by atoms with Crippen LogP contribution in [0.5, 0.6) is 0 Å². The van der Waals surface area contributed by atoms with Gasteiger partial charge in [-0.25, -0.2) is 0 Å². The van der Waals surface area contributed by atoms with E-state index in [0.717, 1.165) is 5.56 Å². The Labute approximate surface area is 160 Å². The van der Waals surface area contributed by atoms with Crippen molar-refractivity contribution < 1.29 is 22.8 Å². The number of piperidine rings is 1. The number of halogens is 3. The van der Waals surface area contributed by atoms with Gasteiger partial charge in [0.1, 0.15) is 5.56 Å². The molecule has 6 nitrogen and oxygen atoms in total. The van der Waals surface area contributed by atoms with Crippen LogP contribution in [0.15, 0.2) is 24.3 Å². The second-order valence-electron chi connectivity index (χ2n) is 6.98. The zero-order valence-corrected chi connectivity index (χ0v) is 15.6. The van der Waals surface area contributed by atoms with Gasteiger partial charge in [-0.2, -0.15) is 18.3 Å². The SMILES string of the molecule is Cc1ccc(C(=O)N2CCC(NC(=O)c3n[nH]c(C)c3C(F)(F)F)CC2)cc1. The summed E-state index contributed by atoms with van der Waals surface area (Å²) >= 11 is 0. The summed E-state index contributed by atoms with van der Waals surface area (Å²) in [5.41, 5.74) is -0.240. The molecule has 0 bridgehead atoms. The van der Waals surface area contributed by atoms with Crippen LogP contribution in [-0.4, -0.2) is 46.0 Å². The number of benzene rings is 1. The lowest BCUT2D eigenvalue weighted by Crippen LogP contribution is -2.46. The molecule has 0 unspecified atom stereocenters. The van der Waals surface area contributed by atoms with Gasteiger partial charge in [-0.05, 0) is 38.8 Å². The van der Waals surface area contributed by atoms with Crippen LogP contribution in [0.4, 0.5) is 13.2 Å². The van der Waals surface area contributed by atoms with Crippen molar-refractivity contribution in [1.82, 2.24) is 20.4 Å². The predicted molar refractivity (Wildman–Crippen MR) is 95.9 cm³/mol. The Balaban J connectivity index is 1.60. The predicted octanol–water partition coefficient (Wildman–Crippen LogP) is 3.08. The Hall–Kier alpha value is -2.84. The van der Waals surface area contributed by atoms with Crippen LogP contribution >= 0.6 is 0 Å². The largest absolute Gasteiger partial charge is 0.420 e. The molecule has 2 N–H and O–H groups in total. The second-order valence-corrected chi connectivity index (χ2v) is 6.98. The molecule has 150 valence electrons. The zero-order chi connectivity index (χ0) is 20.5. The first kappa shape index (κ1) is 19.9. The quantitative estimate of drug-likeness (QED) is 0.840. The molecule has 0 radical (unpaired) electrons. The Morgan fingerprint density at radius 1 is 1.14 bits per heavy atom. The van der Waals surface area contributed by atoms with E-state index in [1.807, 2.05) is 19.1 Å². The normalized spacial score (nSPS) is 15.5. The van der Waals surface area contributed by atoms with Crippen molar-refractivity contribution in [3.05, 3.63) is 52.3 Å². The molecule has 1 aliphatic heterocycles. The fourth-order valence-electron chi connectivity index (χ4n) is 3.30. The number of nitrogens with one attached hydrogen (secondary N) is 2. The van der Waals surface area contributed by atoms with Gasteiger partial charge in [-0.3, -0.25) is 14.7 Å². The highest BCUT2D eigenvalue weighted by Gasteiger charge is 2.40. The average Bonchev–Trinajstić information content (AvgIpc) is 3.04. The molecule has 0 atom stereocenters. The van der Waals surface area contributed by atoms with Crippen LogP contribution in [0.25, 0.3) is 0 Å². The van der Waals surface area contributed by atoms with E-state index in [1.165, 1.54) is 6.92 Å². The highest BCUT2D eigenvalue weighted by atomic mass is 19.4. The molecule has 3 rings (SSSR count). The number of aromatic nitrogens is 2. The zero-order valence-electron chi connectivity index (χ0n) is 15.6. The number of carbonyl (C=O) groups is 2. The average molecular weight is 394 g/mol. The number of alkyl halides is 3. The third-order valence-electron chi connectivity index (χ3n) is 4.86. The van der Waals surface area contributed by atoms with Crippen LogP contribution in [0.1, 0.15) is 50.5 Å². The van der Waals surface area contributed by atoms with Gasteiger partial charge in [0.05, 0.1) is 0 Å². The number of hydrogen-bond acceptors (Lipinski definition) is 3. The molecule has 1 fully saturated rings. The Kier molecular flexibility index (Phi) is 5.44. The summed E-state index contributed by atoms with van der Waals surface area (Å²) in [6.45, 7) is 4.00. The maximum Gasteiger partial charge on any atom is 0.420 e. The van der Waals surface area contributed by atoms with Gasteiger partial charge in [0.25, 0.3) is 11.8 Å². The van der Waals surface area contributed by atoms with Crippen molar-refractivity contribution in [1.29, 1.82) is 0 Å². The van der Waals surface area contributed by atoms with E-state index in [0.29, 0.717) is 31.5 Å². The molecule has 0 spiro atoms. The number of H-pyrrole nitrogens is 1. The summed E-state index contributed by atoms with van der Waals surface area (Å²) in [6.07, 6.45) is -3.73. The minimum absolute atomic E-state index is 0.0907. The number of rotatable bonds is 3. The fraction of sp³-hybridized carbons (Fsp3) is 0.421. The van der Waals surface area contributed by atoms with Crippen molar-refractivity contribution in [2.45, 2.75) is 38.9 Å². The molecule has 1 aromatic carbocycles. The van der Waals surface area contributed by atoms with E-state index >= 15 is 0 Å².